The highest BCUT2D eigenvalue weighted by molar-refractivity contribution is 7.99. The van der Waals surface area contributed by atoms with Gasteiger partial charge >= 0.3 is 0 Å². The third-order valence-corrected chi connectivity index (χ3v) is 3.66. The molecule has 0 fully saturated rings. The van der Waals surface area contributed by atoms with E-state index in [2.05, 4.69) is 0 Å². The van der Waals surface area contributed by atoms with Gasteiger partial charge in [-0.15, -0.1) is 0 Å². The van der Waals surface area contributed by atoms with E-state index in [0.717, 1.165) is 0 Å². The average molecular weight is 245 g/mol. The highest BCUT2D eigenvalue weighted by Crippen LogP contribution is 2.31. The molecule has 90 valence electrons. The number of rotatable bonds is 6. The van der Waals surface area contributed by atoms with Crippen LogP contribution in [0.4, 0.5) is 8.78 Å². The summed E-state index contributed by atoms with van der Waals surface area (Å²) in [5.41, 5.74) is 5.52. The number of alkyl halides is 2. The van der Waals surface area contributed by atoms with Gasteiger partial charge in [0, 0.05) is 5.56 Å². The first-order valence-electron chi connectivity index (χ1n) is 5.27. The summed E-state index contributed by atoms with van der Waals surface area (Å²) in [4.78, 5) is 0. The molecule has 0 aliphatic rings. The Morgan fingerprint density at radius 1 is 1.31 bits per heavy atom. The summed E-state index contributed by atoms with van der Waals surface area (Å²) in [5.74, 6) is -1.96. The molecule has 1 aromatic carbocycles. The fourth-order valence-electron chi connectivity index (χ4n) is 1.22. The SMILES string of the molecule is CC(CN)CSCC(F)(F)c1ccccc1. The van der Waals surface area contributed by atoms with Crippen LogP contribution in [0.15, 0.2) is 30.3 Å². The summed E-state index contributed by atoms with van der Waals surface area (Å²) in [6.07, 6.45) is 0. The van der Waals surface area contributed by atoms with Gasteiger partial charge in [-0.2, -0.15) is 11.8 Å². The molecule has 0 bridgehead atoms. The van der Waals surface area contributed by atoms with Gasteiger partial charge in [-0.1, -0.05) is 37.3 Å². The van der Waals surface area contributed by atoms with E-state index in [1.807, 2.05) is 6.92 Å². The molecule has 0 saturated carbocycles. The van der Waals surface area contributed by atoms with E-state index in [9.17, 15) is 8.78 Å². The van der Waals surface area contributed by atoms with Crippen LogP contribution in [0.25, 0.3) is 0 Å². The highest BCUT2D eigenvalue weighted by Gasteiger charge is 2.30. The molecule has 0 heterocycles. The Morgan fingerprint density at radius 2 is 1.94 bits per heavy atom. The first kappa shape index (κ1) is 13.5. The molecule has 0 saturated heterocycles. The topological polar surface area (TPSA) is 26.0 Å². The Morgan fingerprint density at radius 3 is 2.50 bits per heavy atom. The van der Waals surface area contributed by atoms with E-state index < -0.39 is 5.92 Å². The lowest BCUT2D eigenvalue weighted by Gasteiger charge is -2.17. The minimum Gasteiger partial charge on any atom is -0.330 e. The fraction of sp³-hybridized carbons (Fsp3) is 0.500. The van der Waals surface area contributed by atoms with Crippen LogP contribution in [0, 0.1) is 5.92 Å². The second kappa shape index (κ2) is 6.21. The van der Waals surface area contributed by atoms with Crippen molar-refractivity contribution in [3.05, 3.63) is 35.9 Å². The fourth-order valence-corrected chi connectivity index (χ4v) is 2.30. The minimum atomic E-state index is -2.75. The van der Waals surface area contributed by atoms with E-state index in [1.165, 1.54) is 23.9 Å². The molecule has 0 aliphatic carbocycles. The lowest BCUT2D eigenvalue weighted by atomic mass is 10.1. The molecule has 4 heteroatoms. The number of benzene rings is 1. The molecule has 0 amide bonds. The van der Waals surface area contributed by atoms with Gasteiger partial charge < -0.3 is 5.73 Å². The quantitative estimate of drug-likeness (QED) is 0.833. The molecule has 1 rings (SSSR count). The van der Waals surface area contributed by atoms with Crippen molar-refractivity contribution >= 4 is 11.8 Å². The average Bonchev–Trinajstić information content (AvgIpc) is 2.30. The summed E-state index contributed by atoms with van der Waals surface area (Å²) in [5, 5.41) is 0. The molecule has 0 aliphatic heterocycles. The Labute approximate surface area is 99.4 Å². The first-order valence-corrected chi connectivity index (χ1v) is 6.43. The Kier molecular flexibility index (Phi) is 5.22. The predicted octanol–water partition coefficient (Wildman–Crippen LogP) is 3.11. The first-order chi connectivity index (χ1) is 7.56. The van der Waals surface area contributed by atoms with E-state index in [0.29, 0.717) is 12.3 Å². The van der Waals surface area contributed by atoms with E-state index in [4.69, 9.17) is 5.73 Å². The maximum atomic E-state index is 13.7. The second-order valence-corrected chi connectivity index (χ2v) is 4.96. The van der Waals surface area contributed by atoms with Gasteiger partial charge in [0.15, 0.2) is 0 Å². The maximum Gasteiger partial charge on any atom is 0.282 e. The van der Waals surface area contributed by atoms with Gasteiger partial charge in [0.1, 0.15) is 0 Å². The highest BCUT2D eigenvalue weighted by atomic mass is 32.2. The molecule has 1 nitrogen and oxygen atoms in total. The van der Waals surface area contributed by atoms with Crippen LogP contribution < -0.4 is 5.73 Å². The van der Waals surface area contributed by atoms with Crippen molar-refractivity contribution in [2.75, 3.05) is 18.1 Å². The number of hydrogen-bond donors (Lipinski definition) is 1. The molecular formula is C12H17F2NS. The number of nitrogens with two attached hydrogens (primary N) is 1. The van der Waals surface area contributed by atoms with Crippen LogP contribution >= 0.6 is 11.8 Å². The number of thioether (sulfide) groups is 1. The maximum absolute atomic E-state index is 13.7. The van der Waals surface area contributed by atoms with Gasteiger partial charge in [0.05, 0.1) is 5.75 Å². The van der Waals surface area contributed by atoms with E-state index in [1.54, 1.807) is 18.2 Å². The molecule has 1 aromatic rings. The molecule has 0 spiro atoms. The molecule has 0 radical (unpaired) electrons. The Balaban J connectivity index is 2.46. The monoisotopic (exact) mass is 245 g/mol. The van der Waals surface area contributed by atoms with Crippen molar-refractivity contribution in [2.45, 2.75) is 12.8 Å². The van der Waals surface area contributed by atoms with Crippen LogP contribution in [0.1, 0.15) is 12.5 Å². The van der Waals surface area contributed by atoms with Gasteiger partial charge in [-0.3, -0.25) is 0 Å². The van der Waals surface area contributed by atoms with Crippen molar-refractivity contribution in [3.8, 4) is 0 Å². The van der Waals surface area contributed by atoms with Gasteiger partial charge in [-0.05, 0) is 18.2 Å². The van der Waals surface area contributed by atoms with Crippen LogP contribution in [-0.2, 0) is 5.92 Å². The Hall–Kier alpha value is -0.610. The Bertz CT molecular complexity index is 303. The van der Waals surface area contributed by atoms with Crippen molar-refractivity contribution < 1.29 is 8.78 Å². The second-order valence-electron chi connectivity index (χ2n) is 3.93. The van der Waals surface area contributed by atoms with E-state index >= 15 is 0 Å². The van der Waals surface area contributed by atoms with Gasteiger partial charge in [0.2, 0.25) is 0 Å². The lowest BCUT2D eigenvalue weighted by Crippen LogP contribution is -2.19. The van der Waals surface area contributed by atoms with E-state index in [-0.39, 0.29) is 17.2 Å². The smallest absolute Gasteiger partial charge is 0.282 e. The van der Waals surface area contributed by atoms with Crippen LogP contribution in [0.3, 0.4) is 0 Å². The summed E-state index contributed by atoms with van der Waals surface area (Å²) in [7, 11) is 0. The van der Waals surface area contributed by atoms with Gasteiger partial charge in [0.25, 0.3) is 5.92 Å². The third kappa shape index (κ3) is 4.10. The molecule has 0 aromatic heterocycles. The number of hydrogen-bond acceptors (Lipinski definition) is 2. The third-order valence-electron chi connectivity index (χ3n) is 2.28. The molecular weight excluding hydrogens is 228 g/mol. The lowest BCUT2D eigenvalue weighted by molar-refractivity contribution is 0.0231. The standard InChI is InChI=1S/C12H17F2NS/c1-10(7-15)8-16-9-12(13,14)11-5-3-2-4-6-11/h2-6,10H,7-9,15H2,1H3. The molecule has 2 N–H and O–H groups in total. The van der Waals surface area contributed by atoms with Crippen molar-refractivity contribution in [1.29, 1.82) is 0 Å². The minimum absolute atomic E-state index is 0.0860. The summed E-state index contributed by atoms with van der Waals surface area (Å²) in [6, 6.07) is 7.94. The van der Waals surface area contributed by atoms with Crippen molar-refractivity contribution in [2.24, 2.45) is 11.7 Å². The predicted molar refractivity (Wildman–Crippen MR) is 65.9 cm³/mol. The zero-order chi connectivity index (χ0) is 12.0. The van der Waals surface area contributed by atoms with Gasteiger partial charge in [-0.25, -0.2) is 8.78 Å². The van der Waals surface area contributed by atoms with Crippen LogP contribution in [0.2, 0.25) is 0 Å². The molecule has 1 unspecified atom stereocenters. The molecule has 1 atom stereocenters. The molecule has 16 heavy (non-hydrogen) atoms. The zero-order valence-electron chi connectivity index (χ0n) is 9.33. The normalized spacial score (nSPS) is 13.8. The van der Waals surface area contributed by atoms with Crippen LogP contribution in [-0.4, -0.2) is 18.1 Å². The largest absolute Gasteiger partial charge is 0.330 e. The summed E-state index contributed by atoms with van der Waals surface area (Å²) < 4.78 is 27.3. The summed E-state index contributed by atoms with van der Waals surface area (Å²) >= 11 is 1.26. The summed E-state index contributed by atoms with van der Waals surface area (Å²) in [6.45, 7) is 2.51. The van der Waals surface area contributed by atoms with Crippen molar-refractivity contribution in [1.82, 2.24) is 0 Å². The number of halogens is 2. The van der Waals surface area contributed by atoms with Crippen molar-refractivity contribution in [3.63, 3.8) is 0 Å². The zero-order valence-corrected chi connectivity index (χ0v) is 10.1. The van der Waals surface area contributed by atoms with Crippen LogP contribution in [0.5, 0.6) is 0 Å².